The van der Waals surface area contributed by atoms with Gasteiger partial charge in [0, 0.05) is 28.2 Å². The van der Waals surface area contributed by atoms with Crippen LogP contribution in [0.15, 0.2) is 103 Å². The van der Waals surface area contributed by atoms with Crippen molar-refractivity contribution in [1.82, 2.24) is 0 Å². The molecular formula is C45H33BF24N2O3. The van der Waals surface area contributed by atoms with Crippen LogP contribution in [0.5, 0.6) is 0 Å². The van der Waals surface area contributed by atoms with Crippen LogP contribution >= 0.6 is 0 Å². The summed E-state index contributed by atoms with van der Waals surface area (Å²) in [4.78, 5) is 15.3. The number of halogens is 24. The molecule has 5 rings (SSSR count). The van der Waals surface area contributed by atoms with Gasteiger partial charge in [-0.3, -0.25) is 15.0 Å². The summed E-state index contributed by atoms with van der Waals surface area (Å²) in [6.45, 7) is 0.817. The van der Waals surface area contributed by atoms with Crippen molar-refractivity contribution >= 4 is 28.0 Å². The van der Waals surface area contributed by atoms with E-state index in [0.29, 0.717) is 13.0 Å². The zero-order valence-corrected chi connectivity index (χ0v) is 37.2. The first-order chi connectivity index (χ1) is 34.0. The number of alkyl halides is 24. The van der Waals surface area contributed by atoms with E-state index in [0.717, 1.165) is 32.1 Å². The molecule has 0 N–H and O–H groups in total. The van der Waals surface area contributed by atoms with E-state index in [4.69, 9.17) is 4.84 Å². The van der Waals surface area contributed by atoms with Crippen LogP contribution in [0.3, 0.4) is 0 Å². The fourth-order valence-corrected chi connectivity index (χ4v) is 7.76. The van der Waals surface area contributed by atoms with Crippen LogP contribution in [-0.4, -0.2) is 24.2 Å². The molecule has 0 unspecified atom stereocenters. The fourth-order valence-electron chi connectivity index (χ4n) is 7.76. The zero-order chi connectivity index (χ0) is 57.0. The number of benzene rings is 4. The summed E-state index contributed by atoms with van der Waals surface area (Å²) in [7, 11) is 0. The van der Waals surface area contributed by atoms with Crippen molar-refractivity contribution in [2.45, 2.75) is 87.9 Å². The molecule has 75 heavy (non-hydrogen) atoms. The number of rotatable bonds is 14. The van der Waals surface area contributed by atoms with Gasteiger partial charge in [-0.2, -0.15) is 127 Å². The third-order valence-electron chi connectivity index (χ3n) is 11.1. The Labute approximate surface area is 406 Å². The number of hydrogen-bond acceptors (Lipinski definition) is 3. The highest BCUT2D eigenvalue weighted by atomic mass is 19.4. The lowest BCUT2D eigenvalue weighted by Crippen LogP contribution is -2.75. The van der Waals surface area contributed by atoms with E-state index in [1.807, 2.05) is 30.6 Å². The van der Waals surface area contributed by atoms with Crippen molar-refractivity contribution < 1.29 is 120 Å². The molecule has 0 amide bonds. The molecule has 0 saturated heterocycles. The molecule has 5 aromatic rings. The summed E-state index contributed by atoms with van der Waals surface area (Å²) in [5.41, 5.74) is -30.2. The van der Waals surface area contributed by atoms with E-state index in [2.05, 4.69) is 0 Å². The lowest BCUT2D eigenvalue weighted by atomic mass is 9.12. The molecule has 0 aliphatic carbocycles. The number of hydrogen-bond donors (Lipinski definition) is 0. The Morgan fingerprint density at radius 2 is 0.587 bits per heavy atom. The topological polar surface area (TPSA) is 56.3 Å². The van der Waals surface area contributed by atoms with Crippen LogP contribution in [0.4, 0.5) is 105 Å². The Balaban J connectivity index is 0.000000569. The molecule has 0 bridgehead atoms. The van der Waals surface area contributed by atoms with Crippen LogP contribution < -0.4 is 31.4 Å². The quantitative estimate of drug-likeness (QED) is 0.0278. The summed E-state index contributed by atoms with van der Waals surface area (Å²) >= 11 is 0. The van der Waals surface area contributed by atoms with Gasteiger partial charge >= 0.3 is 49.4 Å². The van der Waals surface area contributed by atoms with Crippen LogP contribution in [-0.2, 0) is 49.4 Å². The van der Waals surface area contributed by atoms with Gasteiger partial charge in [0.2, 0.25) is 18.9 Å². The molecule has 1 aromatic heterocycles. The predicted octanol–water partition coefficient (Wildman–Crippen LogP) is 13.2. The van der Waals surface area contributed by atoms with Gasteiger partial charge in [-0.25, -0.2) is 0 Å². The molecule has 1 heterocycles. The average molecular weight is 1120 g/mol. The fraction of sp³-hybridized carbons (Fsp3) is 0.356. The summed E-state index contributed by atoms with van der Waals surface area (Å²) in [6, 6.07) is -3.01. The van der Waals surface area contributed by atoms with E-state index in [-0.39, 0.29) is 11.5 Å². The minimum atomic E-state index is -6.13. The number of pyridine rings is 1. The van der Waals surface area contributed by atoms with Crippen molar-refractivity contribution in [1.29, 1.82) is 0 Å². The Bertz CT molecular complexity index is 2300. The Kier molecular flexibility index (Phi) is 18.3. The summed E-state index contributed by atoms with van der Waals surface area (Å²) in [5.74, 6) is 0. The highest BCUT2D eigenvalue weighted by Crippen LogP contribution is 2.41. The molecule has 0 radical (unpaired) electrons. The second-order valence-corrected chi connectivity index (χ2v) is 16.5. The van der Waals surface area contributed by atoms with Gasteiger partial charge in [-0.05, 0) is 43.5 Å². The van der Waals surface area contributed by atoms with Gasteiger partial charge in [0.1, 0.15) is 6.15 Å². The van der Waals surface area contributed by atoms with E-state index >= 15 is 0 Å². The number of nitrogens with zero attached hydrogens (tertiary/aromatic N) is 2. The maximum absolute atomic E-state index is 14.2. The maximum Gasteiger partial charge on any atom is 0.416 e. The monoisotopic (exact) mass is 1120 g/mol. The molecule has 0 aliphatic rings. The molecule has 412 valence electrons. The van der Waals surface area contributed by atoms with E-state index < -0.39 is 195 Å². The Morgan fingerprint density at radius 1 is 0.360 bits per heavy atom. The van der Waals surface area contributed by atoms with E-state index in [9.17, 15) is 115 Å². The standard InChI is InChI=1S/C32H12BF24.C13H21N2O3/c34-25(35,36)13-1-14(26(37,38)39)6-21(5-13)33(22-7-15(27(40,41)42)2-16(8-22)28(43,44)45,23-9-17(29(46,47)48)3-18(10-23)30(49,50)51)24-11-19(31(52,53)54)4-20(12-24)32(55,56)57;16-15(17)12-8-3-1-2-4-9-13-18-14-10-6-5-7-11-14/h1-12H;5-7,10-11H,1-4,8-9,12-13H2/q-1;+1. The van der Waals surface area contributed by atoms with Crippen molar-refractivity contribution in [3.8, 4) is 0 Å². The highest BCUT2D eigenvalue weighted by molar-refractivity contribution is 7.20. The van der Waals surface area contributed by atoms with E-state index in [1.54, 1.807) is 4.73 Å². The molecule has 0 aliphatic heterocycles. The van der Waals surface area contributed by atoms with Crippen molar-refractivity contribution in [3.05, 3.63) is 158 Å². The molecule has 5 nitrogen and oxygen atoms in total. The third-order valence-corrected chi connectivity index (χ3v) is 11.1. The Hall–Kier alpha value is -6.39. The SMILES string of the molecule is FC(F)(F)c1cc([B-](c2cc(C(F)(F)F)cc(C(F)(F)F)c2)(c2cc(C(F)(F)F)cc(C(F)(F)F)c2)c2cc(C(F)(F)F)cc(C(F)(F)F)c2)cc(C(F)(F)F)c1.O=[N+]([O-])CCCCCCCCO[n+]1ccccc1. The lowest BCUT2D eigenvalue weighted by Gasteiger charge is -2.46. The average Bonchev–Trinajstić information content (AvgIpc) is 3.26. The van der Waals surface area contributed by atoms with Crippen LogP contribution in [0.25, 0.3) is 0 Å². The third kappa shape index (κ3) is 16.3. The van der Waals surface area contributed by atoms with Gasteiger partial charge in [0.25, 0.3) is 0 Å². The van der Waals surface area contributed by atoms with Gasteiger partial charge in [0.05, 0.1) is 44.5 Å². The molecule has 0 fully saturated rings. The molecule has 0 atom stereocenters. The van der Waals surface area contributed by atoms with Crippen LogP contribution in [0.2, 0.25) is 0 Å². The summed E-state index contributed by atoms with van der Waals surface area (Å²) < 4.78 is 343. The number of aromatic nitrogens is 1. The van der Waals surface area contributed by atoms with Crippen molar-refractivity contribution in [3.63, 3.8) is 0 Å². The van der Waals surface area contributed by atoms with Crippen molar-refractivity contribution in [2.24, 2.45) is 0 Å². The number of nitro groups is 1. The van der Waals surface area contributed by atoms with Gasteiger partial charge in [0.15, 0.2) is 6.61 Å². The molecule has 30 heteroatoms. The summed E-state index contributed by atoms with van der Waals surface area (Å²) in [6.07, 6.45) is -45.1. The first-order valence-corrected chi connectivity index (χ1v) is 21.1. The second kappa shape index (κ2) is 22.4. The zero-order valence-electron chi connectivity index (χ0n) is 37.2. The number of unbranched alkanes of at least 4 members (excludes halogenated alkanes) is 5. The smallest absolute Gasteiger partial charge is 0.271 e. The van der Waals surface area contributed by atoms with Crippen LogP contribution in [0.1, 0.15) is 83.0 Å². The minimum absolute atomic E-state index is 0.105. The molecule has 4 aromatic carbocycles. The Morgan fingerprint density at radius 3 is 0.813 bits per heavy atom. The minimum Gasteiger partial charge on any atom is -0.271 e. The largest absolute Gasteiger partial charge is 0.416 e. The first kappa shape index (κ1) is 61.2. The molecular weight excluding hydrogens is 1080 g/mol. The van der Waals surface area contributed by atoms with Crippen molar-refractivity contribution in [2.75, 3.05) is 13.2 Å². The molecule has 0 spiro atoms. The summed E-state index contributed by atoms with van der Waals surface area (Å²) in [5, 5.41) is 10.1. The lowest BCUT2D eigenvalue weighted by molar-refractivity contribution is -0.891. The maximum atomic E-state index is 14.2. The predicted molar refractivity (Wildman–Crippen MR) is 218 cm³/mol. The first-order valence-electron chi connectivity index (χ1n) is 21.1. The van der Waals surface area contributed by atoms with Gasteiger partial charge < -0.3 is 0 Å². The highest BCUT2D eigenvalue weighted by Gasteiger charge is 2.47. The molecule has 0 saturated carbocycles. The normalized spacial score (nSPS) is 13.3. The van der Waals surface area contributed by atoms with Gasteiger partial charge in [-0.1, -0.05) is 67.4 Å². The second-order valence-electron chi connectivity index (χ2n) is 16.5. The van der Waals surface area contributed by atoms with E-state index in [1.165, 1.54) is 0 Å². The van der Waals surface area contributed by atoms with Gasteiger partial charge in [-0.15, -0.1) is 0 Å². The van der Waals surface area contributed by atoms with Crippen LogP contribution in [0, 0.1) is 10.1 Å².